The van der Waals surface area contributed by atoms with E-state index in [2.05, 4.69) is 10.3 Å². The summed E-state index contributed by atoms with van der Waals surface area (Å²) >= 11 is 1.32. The topological polar surface area (TPSA) is 77.2 Å². The van der Waals surface area contributed by atoms with Crippen LogP contribution in [0.1, 0.15) is 29.2 Å². The number of nitrogens with zero attached hydrogens (tertiary/aromatic N) is 1. The van der Waals surface area contributed by atoms with Crippen molar-refractivity contribution < 1.29 is 9.53 Å². The van der Waals surface area contributed by atoms with Crippen molar-refractivity contribution in [1.82, 2.24) is 10.3 Å². The van der Waals surface area contributed by atoms with Crippen molar-refractivity contribution in [2.45, 2.75) is 26.8 Å². The Balaban J connectivity index is 2.20. The van der Waals surface area contributed by atoms with Crippen LogP contribution in [-0.2, 0) is 4.74 Å². The Bertz CT molecular complexity index is 624. The first kappa shape index (κ1) is 14.7. The van der Waals surface area contributed by atoms with Gasteiger partial charge in [-0.3, -0.25) is 4.79 Å². The number of ether oxygens (including phenoxy) is 1. The van der Waals surface area contributed by atoms with E-state index in [0.717, 1.165) is 15.9 Å². The second-order valence-corrected chi connectivity index (χ2v) is 5.68. The predicted octanol–water partition coefficient (Wildman–Crippen LogP) is 2.34. The van der Waals surface area contributed by atoms with Crippen LogP contribution in [0.3, 0.4) is 0 Å². The molecule has 0 aliphatic carbocycles. The highest BCUT2D eigenvalue weighted by Crippen LogP contribution is 2.32. The molecule has 2 rings (SSSR count). The fraction of sp³-hybridized carbons (Fsp3) is 0.429. The standard InChI is InChI=1S/C14H19N3O2S/c1-4-19-7-9(3)16-13(18)12-11(15)10-6-5-8(2)17-14(10)20-12/h5-6,9H,4,7,15H2,1-3H3,(H,16,18). The molecule has 108 valence electrons. The number of amides is 1. The Morgan fingerprint density at radius 1 is 1.55 bits per heavy atom. The first-order valence-electron chi connectivity index (χ1n) is 6.57. The fourth-order valence-corrected chi connectivity index (χ4v) is 2.93. The van der Waals surface area contributed by atoms with Gasteiger partial charge in [-0.15, -0.1) is 11.3 Å². The van der Waals surface area contributed by atoms with Crippen LogP contribution in [0.5, 0.6) is 0 Å². The summed E-state index contributed by atoms with van der Waals surface area (Å²) in [5, 5.41) is 3.72. The van der Waals surface area contributed by atoms with E-state index in [1.807, 2.05) is 32.9 Å². The minimum Gasteiger partial charge on any atom is -0.397 e. The minimum absolute atomic E-state index is 0.0539. The van der Waals surface area contributed by atoms with Crippen molar-refractivity contribution in [3.05, 3.63) is 22.7 Å². The van der Waals surface area contributed by atoms with Crippen LogP contribution in [0.4, 0.5) is 5.69 Å². The van der Waals surface area contributed by atoms with Crippen LogP contribution >= 0.6 is 11.3 Å². The van der Waals surface area contributed by atoms with Gasteiger partial charge in [0.25, 0.3) is 5.91 Å². The highest BCUT2D eigenvalue weighted by atomic mass is 32.1. The lowest BCUT2D eigenvalue weighted by Gasteiger charge is -2.13. The Labute approximate surface area is 122 Å². The molecule has 1 unspecified atom stereocenters. The predicted molar refractivity (Wildman–Crippen MR) is 82.2 cm³/mol. The zero-order valence-electron chi connectivity index (χ0n) is 11.9. The van der Waals surface area contributed by atoms with Gasteiger partial charge >= 0.3 is 0 Å². The van der Waals surface area contributed by atoms with E-state index in [1.54, 1.807) is 0 Å². The summed E-state index contributed by atoms with van der Waals surface area (Å²) in [6.45, 7) is 6.87. The number of nitrogen functional groups attached to an aromatic ring is 1. The van der Waals surface area contributed by atoms with E-state index < -0.39 is 0 Å². The lowest BCUT2D eigenvalue weighted by Crippen LogP contribution is -2.35. The van der Waals surface area contributed by atoms with E-state index in [1.165, 1.54) is 11.3 Å². The number of carbonyl (C=O) groups excluding carboxylic acids is 1. The van der Waals surface area contributed by atoms with Gasteiger partial charge in [0.2, 0.25) is 0 Å². The third-order valence-electron chi connectivity index (χ3n) is 2.89. The number of pyridine rings is 1. The van der Waals surface area contributed by atoms with Crippen LogP contribution in [-0.4, -0.2) is 30.1 Å². The maximum absolute atomic E-state index is 12.2. The Morgan fingerprint density at radius 2 is 2.30 bits per heavy atom. The van der Waals surface area contributed by atoms with Crippen molar-refractivity contribution in [3.8, 4) is 0 Å². The molecular formula is C14H19N3O2S. The number of anilines is 1. The molecule has 0 saturated carbocycles. The Hall–Kier alpha value is -1.66. The number of rotatable bonds is 5. The first-order chi connectivity index (χ1) is 9.52. The van der Waals surface area contributed by atoms with Gasteiger partial charge in [0.15, 0.2) is 0 Å². The average Bonchev–Trinajstić information content (AvgIpc) is 2.73. The third-order valence-corrected chi connectivity index (χ3v) is 4.00. The largest absolute Gasteiger partial charge is 0.397 e. The van der Waals surface area contributed by atoms with Crippen LogP contribution in [0.2, 0.25) is 0 Å². The summed E-state index contributed by atoms with van der Waals surface area (Å²) in [5.74, 6) is -0.171. The summed E-state index contributed by atoms with van der Waals surface area (Å²) in [7, 11) is 0. The summed E-state index contributed by atoms with van der Waals surface area (Å²) in [6.07, 6.45) is 0. The number of thiophene rings is 1. The molecule has 1 atom stereocenters. The third kappa shape index (κ3) is 3.08. The molecule has 0 spiro atoms. The second kappa shape index (κ2) is 6.19. The Kier molecular flexibility index (Phi) is 4.57. The molecule has 0 fully saturated rings. The molecule has 0 saturated heterocycles. The van der Waals surface area contributed by atoms with Gasteiger partial charge in [0.1, 0.15) is 9.71 Å². The summed E-state index contributed by atoms with van der Waals surface area (Å²) < 4.78 is 5.28. The van der Waals surface area contributed by atoms with E-state index in [-0.39, 0.29) is 11.9 Å². The highest BCUT2D eigenvalue weighted by Gasteiger charge is 2.18. The molecular weight excluding hydrogens is 274 g/mol. The van der Waals surface area contributed by atoms with Crippen molar-refractivity contribution in [1.29, 1.82) is 0 Å². The van der Waals surface area contributed by atoms with E-state index in [9.17, 15) is 4.79 Å². The van der Waals surface area contributed by atoms with Gasteiger partial charge in [-0.05, 0) is 32.9 Å². The second-order valence-electron chi connectivity index (χ2n) is 4.68. The molecule has 0 bridgehead atoms. The maximum Gasteiger partial charge on any atom is 0.263 e. The molecule has 3 N–H and O–H groups in total. The van der Waals surface area contributed by atoms with Crippen molar-refractivity contribution in [3.63, 3.8) is 0 Å². The molecule has 2 heterocycles. The van der Waals surface area contributed by atoms with E-state index in [4.69, 9.17) is 10.5 Å². The van der Waals surface area contributed by atoms with Crippen LogP contribution < -0.4 is 11.1 Å². The lowest BCUT2D eigenvalue weighted by atomic mass is 10.2. The molecule has 2 aromatic rings. The van der Waals surface area contributed by atoms with Gasteiger partial charge in [0, 0.05) is 23.7 Å². The monoisotopic (exact) mass is 293 g/mol. The number of nitrogens with one attached hydrogen (secondary N) is 1. The smallest absolute Gasteiger partial charge is 0.263 e. The zero-order valence-corrected chi connectivity index (χ0v) is 12.7. The van der Waals surface area contributed by atoms with Crippen molar-refractivity contribution >= 4 is 33.1 Å². The minimum atomic E-state index is -0.171. The van der Waals surface area contributed by atoms with Gasteiger partial charge in [0.05, 0.1) is 12.3 Å². The SMILES string of the molecule is CCOCC(C)NC(=O)c1sc2nc(C)ccc2c1N. The molecule has 0 aliphatic rings. The molecule has 20 heavy (non-hydrogen) atoms. The maximum atomic E-state index is 12.2. The van der Waals surface area contributed by atoms with Crippen molar-refractivity contribution in [2.75, 3.05) is 18.9 Å². The number of hydrogen-bond acceptors (Lipinski definition) is 5. The number of nitrogens with two attached hydrogens (primary N) is 1. The normalized spacial score (nSPS) is 12.6. The van der Waals surface area contributed by atoms with Gasteiger partial charge in [-0.1, -0.05) is 0 Å². The Morgan fingerprint density at radius 3 is 3.00 bits per heavy atom. The van der Waals surface area contributed by atoms with Crippen LogP contribution in [0.15, 0.2) is 12.1 Å². The lowest BCUT2D eigenvalue weighted by molar-refractivity contribution is 0.0876. The molecule has 1 amide bonds. The summed E-state index contributed by atoms with van der Waals surface area (Å²) in [6, 6.07) is 3.75. The highest BCUT2D eigenvalue weighted by molar-refractivity contribution is 7.21. The molecule has 5 nitrogen and oxygen atoms in total. The average molecular weight is 293 g/mol. The summed E-state index contributed by atoms with van der Waals surface area (Å²) in [5.41, 5.74) is 7.46. The zero-order chi connectivity index (χ0) is 14.7. The molecule has 6 heteroatoms. The number of hydrogen-bond donors (Lipinski definition) is 2. The number of aromatic nitrogens is 1. The fourth-order valence-electron chi connectivity index (χ4n) is 1.88. The van der Waals surface area contributed by atoms with Crippen LogP contribution in [0.25, 0.3) is 10.2 Å². The van der Waals surface area contributed by atoms with Gasteiger partial charge in [-0.2, -0.15) is 0 Å². The number of carbonyl (C=O) groups is 1. The molecule has 2 aromatic heterocycles. The molecule has 0 radical (unpaired) electrons. The molecule has 0 aliphatic heterocycles. The van der Waals surface area contributed by atoms with E-state index in [0.29, 0.717) is 23.8 Å². The van der Waals surface area contributed by atoms with E-state index >= 15 is 0 Å². The van der Waals surface area contributed by atoms with Crippen LogP contribution in [0, 0.1) is 6.92 Å². The van der Waals surface area contributed by atoms with Gasteiger partial charge < -0.3 is 15.8 Å². The van der Waals surface area contributed by atoms with Crippen molar-refractivity contribution in [2.24, 2.45) is 0 Å². The quantitative estimate of drug-likeness (QED) is 0.887. The van der Waals surface area contributed by atoms with Gasteiger partial charge in [-0.25, -0.2) is 4.98 Å². The molecule has 0 aromatic carbocycles. The number of fused-ring (bicyclic) bond motifs is 1. The summed E-state index contributed by atoms with van der Waals surface area (Å²) in [4.78, 5) is 17.9. The number of aryl methyl sites for hydroxylation is 1. The first-order valence-corrected chi connectivity index (χ1v) is 7.38.